The van der Waals surface area contributed by atoms with E-state index >= 15 is 0 Å². The Labute approximate surface area is 131 Å². The maximum Gasteiger partial charge on any atom is 0.0740 e. The average molecular weight is 304 g/mol. The number of hydrogen-bond acceptors (Lipinski definition) is 3. The van der Waals surface area contributed by atoms with Gasteiger partial charge < -0.3 is 5.32 Å². The van der Waals surface area contributed by atoms with Crippen LogP contribution in [0.1, 0.15) is 24.1 Å². The van der Waals surface area contributed by atoms with Gasteiger partial charge in [0.1, 0.15) is 0 Å². The zero-order valence-corrected chi connectivity index (χ0v) is 13.5. The van der Waals surface area contributed by atoms with Crippen LogP contribution in [0.4, 0.5) is 0 Å². The average Bonchev–Trinajstić information content (AvgIpc) is 2.53. The van der Waals surface area contributed by atoms with Crippen LogP contribution in [0.15, 0.2) is 24.3 Å². The van der Waals surface area contributed by atoms with E-state index in [4.69, 9.17) is 16.6 Å². The molecule has 1 aromatic carbocycles. The molecule has 3 nitrogen and oxygen atoms in total. The normalized spacial score (nSPS) is 16.8. The molecule has 21 heavy (non-hydrogen) atoms. The molecule has 0 amide bonds. The highest BCUT2D eigenvalue weighted by atomic mass is 35.5. The van der Waals surface area contributed by atoms with Gasteiger partial charge in [-0.15, -0.1) is 0 Å². The predicted octanol–water partition coefficient (Wildman–Crippen LogP) is 3.38. The molecule has 1 N–H and O–H groups in total. The molecular weight excluding hydrogens is 282 g/mol. The summed E-state index contributed by atoms with van der Waals surface area (Å²) in [6.45, 7) is 5.11. The Bertz CT molecular complexity index is 635. The van der Waals surface area contributed by atoms with Crippen molar-refractivity contribution < 1.29 is 0 Å². The van der Waals surface area contributed by atoms with Crippen molar-refractivity contribution in [1.29, 1.82) is 0 Å². The first kappa shape index (κ1) is 14.8. The minimum Gasteiger partial charge on any atom is -0.317 e. The number of rotatable bonds is 3. The quantitative estimate of drug-likeness (QED) is 0.942. The van der Waals surface area contributed by atoms with Crippen molar-refractivity contribution in [3.63, 3.8) is 0 Å². The van der Waals surface area contributed by atoms with Gasteiger partial charge in [0.2, 0.25) is 0 Å². The Morgan fingerprint density at radius 1 is 1.29 bits per heavy atom. The Morgan fingerprint density at radius 3 is 2.76 bits per heavy atom. The molecule has 3 rings (SSSR count). The number of fused-ring (bicyclic) bond motifs is 1. The third kappa shape index (κ3) is 3.05. The molecule has 1 aliphatic heterocycles. The molecule has 2 aromatic rings. The fraction of sp³-hybridized carbons (Fsp3) is 0.471. The van der Waals surface area contributed by atoms with Gasteiger partial charge >= 0.3 is 0 Å². The molecule has 112 valence electrons. The van der Waals surface area contributed by atoms with Gasteiger partial charge in [-0.2, -0.15) is 0 Å². The number of aromatic nitrogens is 1. The smallest absolute Gasteiger partial charge is 0.0740 e. The van der Waals surface area contributed by atoms with Gasteiger partial charge in [-0.3, -0.25) is 4.90 Å². The number of halogens is 1. The molecule has 1 saturated heterocycles. The molecule has 1 aromatic heterocycles. The summed E-state index contributed by atoms with van der Waals surface area (Å²) in [4.78, 5) is 7.17. The highest BCUT2D eigenvalue weighted by Crippen LogP contribution is 2.28. The van der Waals surface area contributed by atoms with Crippen LogP contribution in [0.25, 0.3) is 10.9 Å². The summed E-state index contributed by atoms with van der Waals surface area (Å²) in [6, 6.07) is 8.84. The van der Waals surface area contributed by atoms with Crippen LogP contribution >= 0.6 is 11.6 Å². The van der Waals surface area contributed by atoms with E-state index in [1.165, 1.54) is 12.8 Å². The lowest BCUT2D eigenvalue weighted by Gasteiger charge is -2.31. The van der Waals surface area contributed by atoms with Crippen LogP contribution in [-0.4, -0.2) is 36.1 Å². The predicted molar refractivity (Wildman–Crippen MR) is 88.8 cm³/mol. The lowest BCUT2D eigenvalue weighted by molar-refractivity contribution is 0.190. The second kappa shape index (κ2) is 6.30. The van der Waals surface area contributed by atoms with Crippen molar-refractivity contribution in [1.82, 2.24) is 15.2 Å². The number of aryl methyl sites for hydroxylation is 1. The molecule has 0 atom stereocenters. The van der Waals surface area contributed by atoms with Crippen molar-refractivity contribution in [2.24, 2.45) is 0 Å². The van der Waals surface area contributed by atoms with E-state index in [2.05, 4.69) is 36.3 Å². The van der Waals surface area contributed by atoms with Crippen LogP contribution in [0.3, 0.4) is 0 Å². The lowest BCUT2D eigenvalue weighted by Crippen LogP contribution is -2.40. The van der Waals surface area contributed by atoms with Crippen LogP contribution in [-0.2, 0) is 6.54 Å². The van der Waals surface area contributed by atoms with Crippen molar-refractivity contribution in [3.8, 4) is 0 Å². The first-order chi connectivity index (χ1) is 10.2. The first-order valence-electron chi connectivity index (χ1n) is 7.61. The van der Waals surface area contributed by atoms with Crippen LogP contribution in [0.2, 0.25) is 5.02 Å². The summed E-state index contributed by atoms with van der Waals surface area (Å²) in [6.07, 6.45) is 2.39. The summed E-state index contributed by atoms with van der Waals surface area (Å²) in [7, 11) is 2.18. The number of pyridine rings is 1. The fourth-order valence-electron chi connectivity index (χ4n) is 3.13. The minimum atomic E-state index is 0.621. The molecular formula is C17H22ClN3. The van der Waals surface area contributed by atoms with E-state index in [-0.39, 0.29) is 0 Å². The number of piperidine rings is 1. The second-order valence-corrected chi connectivity index (χ2v) is 6.29. The van der Waals surface area contributed by atoms with E-state index in [0.29, 0.717) is 6.04 Å². The number of para-hydroxylation sites is 1. The maximum absolute atomic E-state index is 6.55. The standard InChI is InChI=1S/C17H22ClN3/c1-12-14-5-3-4-6-15(14)20-16(17(12)18)11-21(2)13-7-9-19-10-8-13/h3-6,13,19H,7-11H2,1-2H3. The number of hydrogen-bond donors (Lipinski definition) is 1. The topological polar surface area (TPSA) is 28.2 Å². The molecule has 2 heterocycles. The zero-order valence-electron chi connectivity index (χ0n) is 12.7. The number of nitrogens with one attached hydrogen (secondary N) is 1. The van der Waals surface area contributed by atoms with Crippen LogP contribution in [0, 0.1) is 6.92 Å². The molecule has 0 saturated carbocycles. The van der Waals surface area contributed by atoms with E-state index in [1.807, 2.05) is 12.1 Å². The Kier molecular flexibility index (Phi) is 4.43. The van der Waals surface area contributed by atoms with Crippen molar-refractivity contribution in [2.75, 3.05) is 20.1 Å². The van der Waals surface area contributed by atoms with E-state index in [9.17, 15) is 0 Å². The summed E-state index contributed by atoms with van der Waals surface area (Å²) >= 11 is 6.55. The molecule has 1 aliphatic rings. The summed E-state index contributed by atoms with van der Waals surface area (Å²) in [5.74, 6) is 0. The van der Waals surface area contributed by atoms with E-state index < -0.39 is 0 Å². The summed E-state index contributed by atoms with van der Waals surface area (Å²) in [5.41, 5.74) is 3.16. The lowest BCUT2D eigenvalue weighted by atomic mass is 10.0. The van der Waals surface area contributed by atoms with Crippen LogP contribution < -0.4 is 5.32 Å². The Hall–Kier alpha value is -1.16. The molecule has 1 fully saturated rings. The Morgan fingerprint density at radius 2 is 2.00 bits per heavy atom. The minimum absolute atomic E-state index is 0.621. The summed E-state index contributed by atoms with van der Waals surface area (Å²) in [5, 5.41) is 5.37. The van der Waals surface area contributed by atoms with Gasteiger partial charge in [0.15, 0.2) is 0 Å². The van der Waals surface area contributed by atoms with Gasteiger partial charge in [-0.05, 0) is 51.5 Å². The van der Waals surface area contributed by atoms with Gasteiger partial charge in [-0.25, -0.2) is 4.98 Å². The molecule has 0 aliphatic carbocycles. The zero-order chi connectivity index (χ0) is 14.8. The third-order valence-corrected chi connectivity index (χ3v) is 4.98. The fourth-order valence-corrected chi connectivity index (χ4v) is 3.34. The second-order valence-electron chi connectivity index (χ2n) is 5.91. The van der Waals surface area contributed by atoms with Crippen LogP contribution in [0.5, 0.6) is 0 Å². The van der Waals surface area contributed by atoms with E-state index in [1.54, 1.807) is 0 Å². The van der Waals surface area contributed by atoms with Crippen molar-refractivity contribution in [3.05, 3.63) is 40.5 Å². The SMILES string of the molecule is Cc1c(Cl)c(CN(C)C2CCNCC2)nc2ccccc12. The Balaban J connectivity index is 1.87. The van der Waals surface area contributed by atoms with Gasteiger partial charge in [0.25, 0.3) is 0 Å². The third-order valence-electron chi connectivity index (χ3n) is 4.48. The molecule has 0 bridgehead atoms. The van der Waals surface area contributed by atoms with E-state index in [0.717, 1.165) is 46.8 Å². The van der Waals surface area contributed by atoms with Crippen molar-refractivity contribution >= 4 is 22.5 Å². The number of nitrogens with zero attached hydrogens (tertiary/aromatic N) is 2. The largest absolute Gasteiger partial charge is 0.317 e. The van der Waals surface area contributed by atoms with Crippen molar-refractivity contribution in [2.45, 2.75) is 32.4 Å². The number of benzene rings is 1. The maximum atomic E-state index is 6.55. The highest BCUT2D eigenvalue weighted by molar-refractivity contribution is 6.32. The molecule has 0 unspecified atom stereocenters. The van der Waals surface area contributed by atoms with Gasteiger partial charge in [-0.1, -0.05) is 29.8 Å². The van der Waals surface area contributed by atoms with Gasteiger partial charge in [0.05, 0.1) is 16.2 Å². The molecule has 0 spiro atoms. The highest BCUT2D eigenvalue weighted by Gasteiger charge is 2.20. The summed E-state index contributed by atoms with van der Waals surface area (Å²) < 4.78 is 0. The molecule has 0 radical (unpaired) electrons. The van der Waals surface area contributed by atoms with Gasteiger partial charge in [0, 0.05) is 18.0 Å². The first-order valence-corrected chi connectivity index (χ1v) is 7.99. The monoisotopic (exact) mass is 303 g/mol. The molecule has 4 heteroatoms.